The van der Waals surface area contributed by atoms with Crippen LogP contribution in [0.1, 0.15) is 76.7 Å². The van der Waals surface area contributed by atoms with Crippen LogP contribution in [0.3, 0.4) is 0 Å². The van der Waals surface area contributed by atoms with Gasteiger partial charge < -0.3 is 10.2 Å². The largest absolute Gasteiger partial charge is 0.325 e. The van der Waals surface area contributed by atoms with Crippen molar-refractivity contribution in [1.82, 2.24) is 15.2 Å². The third-order valence-corrected chi connectivity index (χ3v) is 7.82. The lowest BCUT2D eigenvalue weighted by Crippen LogP contribution is -2.48. The lowest BCUT2D eigenvalue weighted by Gasteiger charge is -2.57. The van der Waals surface area contributed by atoms with E-state index in [1.54, 1.807) is 0 Å². The summed E-state index contributed by atoms with van der Waals surface area (Å²) < 4.78 is 0. The van der Waals surface area contributed by atoms with E-state index in [1.165, 1.54) is 63.4 Å². The van der Waals surface area contributed by atoms with E-state index in [0.29, 0.717) is 5.41 Å². The maximum Gasteiger partial charge on any atom is 0.321 e. The molecule has 0 radical (unpaired) electrons. The molecule has 0 aromatic carbocycles. The molecule has 0 atom stereocenters. The standard InChI is InChI=1S/C26H39N3O/c1-2-3-4-13-29(25(30)28-10-5-6-21-7-11-27-12-8-21)14-9-26-18-22-15-23(19-26)17-24(16-22)20-26/h5,7-8,10-12,22-24H,2-4,6,9,13-20H2,1H3,(H,28,30)/b10-5+. The first-order valence-electron chi connectivity index (χ1n) is 12.2. The van der Waals surface area contributed by atoms with Crippen LogP contribution in [-0.4, -0.2) is 29.0 Å². The SMILES string of the molecule is CCCCCN(CCC12CC3CC(CC(C3)C1)C2)C(=O)N/C=C/Cc1ccncc1. The van der Waals surface area contributed by atoms with Crippen molar-refractivity contribution in [3.8, 4) is 0 Å². The van der Waals surface area contributed by atoms with Gasteiger partial charge in [-0.25, -0.2) is 4.79 Å². The number of nitrogens with one attached hydrogen (secondary N) is 1. The molecule has 1 N–H and O–H groups in total. The second-order valence-corrected chi connectivity index (χ2v) is 10.3. The van der Waals surface area contributed by atoms with Crippen molar-refractivity contribution >= 4 is 6.03 Å². The molecule has 164 valence electrons. The summed E-state index contributed by atoms with van der Waals surface area (Å²) in [6.07, 6.45) is 21.7. The molecule has 4 saturated carbocycles. The Morgan fingerprint density at radius 1 is 1.10 bits per heavy atom. The van der Waals surface area contributed by atoms with Gasteiger partial charge in [0.1, 0.15) is 0 Å². The number of pyridine rings is 1. The number of carbonyl (C=O) groups excluding carboxylic acids is 1. The van der Waals surface area contributed by atoms with Gasteiger partial charge in [0.05, 0.1) is 0 Å². The molecule has 5 rings (SSSR count). The average Bonchev–Trinajstić information content (AvgIpc) is 2.73. The zero-order chi connectivity index (χ0) is 20.8. The fourth-order valence-electron chi connectivity index (χ4n) is 6.77. The Kier molecular flexibility index (Phi) is 7.12. The van der Waals surface area contributed by atoms with Crippen molar-refractivity contribution in [2.24, 2.45) is 23.2 Å². The molecule has 30 heavy (non-hydrogen) atoms. The van der Waals surface area contributed by atoms with Crippen LogP contribution < -0.4 is 5.32 Å². The predicted octanol–water partition coefficient (Wildman–Crippen LogP) is 5.95. The highest BCUT2D eigenvalue weighted by Gasteiger charge is 2.50. The van der Waals surface area contributed by atoms with Crippen molar-refractivity contribution in [3.05, 3.63) is 42.4 Å². The van der Waals surface area contributed by atoms with Crippen LogP contribution in [0.5, 0.6) is 0 Å². The molecule has 1 heterocycles. The molecule has 4 heteroatoms. The highest BCUT2D eigenvalue weighted by atomic mass is 16.2. The van der Waals surface area contributed by atoms with Crippen molar-refractivity contribution < 1.29 is 4.79 Å². The number of nitrogens with zero attached hydrogens (tertiary/aromatic N) is 2. The van der Waals surface area contributed by atoms with E-state index in [1.807, 2.05) is 36.8 Å². The average molecular weight is 410 g/mol. The topological polar surface area (TPSA) is 45.2 Å². The summed E-state index contributed by atoms with van der Waals surface area (Å²) in [4.78, 5) is 19.1. The molecule has 0 aliphatic heterocycles. The van der Waals surface area contributed by atoms with E-state index >= 15 is 0 Å². The number of hydrogen-bond donors (Lipinski definition) is 1. The second-order valence-electron chi connectivity index (χ2n) is 10.3. The van der Waals surface area contributed by atoms with Gasteiger partial charge in [-0.3, -0.25) is 4.98 Å². The van der Waals surface area contributed by atoms with Crippen LogP contribution in [0.4, 0.5) is 4.79 Å². The molecule has 1 aromatic heterocycles. The van der Waals surface area contributed by atoms with Gasteiger partial charge in [-0.15, -0.1) is 0 Å². The van der Waals surface area contributed by atoms with Gasteiger partial charge in [0.2, 0.25) is 0 Å². The van der Waals surface area contributed by atoms with Crippen molar-refractivity contribution in [2.75, 3.05) is 13.1 Å². The molecule has 1 aromatic rings. The van der Waals surface area contributed by atoms with Crippen molar-refractivity contribution in [2.45, 2.75) is 77.6 Å². The Bertz CT molecular complexity index is 679. The van der Waals surface area contributed by atoms with Crippen LogP contribution in [0.15, 0.2) is 36.8 Å². The molecule has 4 bridgehead atoms. The lowest BCUT2D eigenvalue weighted by molar-refractivity contribution is -0.0596. The molecule has 0 unspecified atom stereocenters. The van der Waals surface area contributed by atoms with Crippen molar-refractivity contribution in [1.29, 1.82) is 0 Å². The predicted molar refractivity (Wildman–Crippen MR) is 122 cm³/mol. The number of hydrogen-bond acceptors (Lipinski definition) is 2. The first-order chi connectivity index (χ1) is 14.7. The maximum absolute atomic E-state index is 12.9. The van der Waals surface area contributed by atoms with Crippen LogP contribution >= 0.6 is 0 Å². The minimum atomic E-state index is 0.0711. The summed E-state index contributed by atoms with van der Waals surface area (Å²) in [5.74, 6) is 2.94. The third kappa shape index (κ3) is 5.44. The maximum atomic E-state index is 12.9. The van der Waals surface area contributed by atoms with Crippen LogP contribution in [0.25, 0.3) is 0 Å². The number of rotatable bonds is 10. The van der Waals surface area contributed by atoms with Gasteiger partial charge in [0.25, 0.3) is 0 Å². The van der Waals surface area contributed by atoms with Gasteiger partial charge in [-0.05, 0) is 98.7 Å². The quantitative estimate of drug-likeness (QED) is 0.486. The number of unbranched alkanes of at least 4 members (excludes halogenated alkanes) is 2. The number of urea groups is 1. The van der Waals surface area contributed by atoms with Gasteiger partial charge >= 0.3 is 6.03 Å². The zero-order valence-electron chi connectivity index (χ0n) is 18.7. The van der Waals surface area contributed by atoms with E-state index in [4.69, 9.17) is 0 Å². The Hall–Kier alpha value is -1.84. The van der Waals surface area contributed by atoms with Gasteiger partial charge in [0.15, 0.2) is 0 Å². The molecule has 0 spiro atoms. The van der Waals surface area contributed by atoms with E-state index in [0.717, 1.165) is 43.7 Å². The summed E-state index contributed by atoms with van der Waals surface area (Å²) in [6.45, 7) is 4.02. The van der Waals surface area contributed by atoms with E-state index < -0.39 is 0 Å². The Morgan fingerprint density at radius 2 is 1.77 bits per heavy atom. The van der Waals surface area contributed by atoms with E-state index in [2.05, 4.69) is 22.1 Å². The minimum Gasteiger partial charge on any atom is -0.325 e. The summed E-state index contributed by atoms with van der Waals surface area (Å²) in [5.41, 5.74) is 1.74. The highest BCUT2D eigenvalue weighted by molar-refractivity contribution is 5.75. The molecule has 4 aliphatic rings. The summed E-state index contributed by atoms with van der Waals surface area (Å²) >= 11 is 0. The molecule has 4 nitrogen and oxygen atoms in total. The van der Waals surface area contributed by atoms with Crippen LogP contribution in [0, 0.1) is 23.2 Å². The first kappa shape index (κ1) is 21.4. The Labute approximate surface area is 182 Å². The fraction of sp³-hybridized carbons (Fsp3) is 0.692. The number of aromatic nitrogens is 1. The molecule has 4 fully saturated rings. The van der Waals surface area contributed by atoms with E-state index in [-0.39, 0.29) is 6.03 Å². The molecular formula is C26H39N3O. The monoisotopic (exact) mass is 409 g/mol. The Morgan fingerprint density at radius 3 is 2.40 bits per heavy atom. The van der Waals surface area contributed by atoms with E-state index in [9.17, 15) is 4.79 Å². The summed E-state index contributed by atoms with van der Waals surface area (Å²) in [6, 6.07) is 4.09. The zero-order valence-corrected chi connectivity index (χ0v) is 18.7. The lowest BCUT2D eigenvalue weighted by atomic mass is 9.49. The molecule has 4 aliphatic carbocycles. The second kappa shape index (κ2) is 9.98. The highest BCUT2D eigenvalue weighted by Crippen LogP contribution is 2.61. The summed E-state index contributed by atoms with van der Waals surface area (Å²) in [5, 5.41) is 3.03. The number of allylic oxidation sites excluding steroid dienone is 1. The number of carbonyl (C=O) groups is 1. The minimum absolute atomic E-state index is 0.0711. The van der Waals surface area contributed by atoms with Crippen molar-refractivity contribution in [3.63, 3.8) is 0 Å². The molecular weight excluding hydrogens is 370 g/mol. The molecule has 0 saturated heterocycles. The number of amides is 2. The normalized spacial score (nSPS) is 29.4. The van der Waals surface area contributed by atoms with Gasteiger partial charge in [-0.1, -0.05) is 25.8 Å². The van der Waals surface area contributed by atoms with Crippen LogP contribution in [0.2, 0.25) is 0 Å². The smallest absolute Gasteiger partial charge is 0.321 e. The fourth-order valence-corrected chi connectivity index (χ4v) is 6.77. The molecule has 2 amide bonds. The van der Waals surface area contributed by atoms with Crippen LogP contribution in [-0.2, 0) is 6.42 Å². The van der Waals surface area contributed by atoms with Gasteiger partial charge in [0, 0.05) is 31.7 Å². The first-order valence-corrected chi connectivity index (χ1v) is 12.2. The van der Waals surface area contributed by atoms with Gasteiger partial charge in [-0.2, -0.15) is 0 Å². The summed E-state index contributed by atoms with van der Waals surface area (Å²) in [7, 11) is 0. The third-order valence-electron chi connectivity index (χ3n) is 7.82. The Balaban J connectivity index is 1.30.